The number of nitrogens with zero attached hydrogens (tertiary/aromatic N) is 4. The molecule has 57 heavy (non-hydrogen) atoms. The first-order valence-corrected chi connectivity index (χ1v) is 21.5. The quantitative estimate of drug-likeness (QED) is 0.178. The number of hydrogen-bond acceptors (Lipinski definition) is 6. The van der Waals surface area contributed by atoms with Crippen LogP contribution in [0, 0.1) is 5.92 Å². The number of aromatic nitrogens is 2. The van der Waals surface area contributed by atoms with Gasteiger partial charge in [-0.2, -0.15) is 0 Å². The van der Waals surface area contributed by atoms with E-state index in [0.717, 1.165) is 59.4 Å². The average Bonchev–Trinajstić information content (AvgIpc) is 3.88. The number of thiazole rings is 2. The Balaban J connectivity index is 1.33. The highest BCUT2D eigenvalue weighted by molar-refractivity contribution is 7.24. The van der Waals surface area contributed by atoms with Crippen molar-refractivity contribution in [1.82, 2.24) is 9.97 Å². The fraction of sp³-hybridized carbons (Fsp3) is 0.176. The minimum atomic E-state index is -0.194. The predicted molar refractivity (Wildman–Crippen MR) is 242 cm³/mol. The van der Waals surface area contributed by atoms with Gasteiger partial charge < -0.3 is 9.80 Å². The SMILES string of the molecule is CC1C=CC2=C(C1)N(c1c3nc(-c4ccccc4)sc3c(N3c4ccccc4C(C)(C)c4ccccc43)c3nc(-c4ccccc4)sc13)c1ccccc1C2(C)C. The molecular weight excluding hydrogens is 733 g/mol. The Hall–Kier alpha value is -5.82. The van der Waals surface area contributed by atoms with Gasteiger partial charge in [-0.05, 0) is 52.8 Å². The van der Waals surface area contributed by atoms with Crippen molar-refractivity contribution in [2.75, 3.05) is 9.80 Å². The maximum absolute atomic E-state index is 5.74. The van der Waals surface area contributed by atoms with Gasteiger partial charge in [0.05, 0.1) is 37.8 Å². The van der Waals surface area contributed by atoms with E-state index >= 15 is 0 Å². The largest absolute Gasteiger partial charge is 0.310 e. The van der Waals surface area contributed by atoms with E-state index in [0.29, 0.717) is 5.92 Å². The Morgan fingerprint density at radius 1 is 0.526 bits per heavy atom. The van der Waals surface area contributed by atoms with E-state index in [1.807, 2.05) is 0 Å². The molecule has 278 valence electrons. The zero-order valence-corrected chi connectivity index (χ0v) is 34.4. The van der Waals surface area contributed by atoms with Crippen LogP contribution in [0.25, 0.3) is 41.6 Å². The van der Waals surface area contributed by atoms with Crippen LogP contribution < -0.4 is 9.80 Å². The lowest BCUT2D eigenvalue weighted by molar-refractivity contribution is 0.579. The van der Waals surface area contributed by atoms with Crippen LogP contribution in [0.1, 0.15) is 57.7 Å². The second kappa shape index (κ2) is 12.6. The van der Waals surface area contributed by atoms with Crippen molar-refractivity contribution in [2.45, 2.75) is 51.9 Å². The van der Waals surface area contributed by atoms with E-state index in [2.05, 4.69) is 190 Å². The molecule has 0 radical (unpaired) electrons. The van der Waals surface area contributed by atoms with Gasteiger partial charge in [-0.1, -0.05) is 162 Å². The summed E-state index contributed by atoms with van der Waals surface area (Å²) in [5, 5.41) is 2.01. The maximum Gasteiger partial charge on any atom is 0.124 e. The summed E-state index contributed by atoms with van der Waals surface area (Å²) >= 11 is 3.57. The lowest BCUT2D eigenvalue weighted by atomic mass is 9.70. The van der Waals surface area contributed by atoms with Crippen LogP contribution in [0.2, 0.25) is 0 Å². The molecule has 0 bridgehead atoms. The van der Waals surface area contributed by atoms with Crippen molar-refractivity contribution >= 4 is 71.5 Å². The third kappa shape index (κ3) is 5.03. The summed E-state index contributed by atoms with van der Waals surface area (Å²) in [4.78, 5) is 16.6. The van der Waals surface area contributed by atoms with Crippen molar-refractivity contribution in [2.24, 2.45) is 5.92 Å². The zero-order chi connectivity index (χ0) is 38.6. The lowest BCUT2D eigenvalue weighted by Crippen LogP contribution is -2.35. The van der Waals surface area contributed by atoms with Gasteiger partial charge in [0.2, 0.25) is 0 Å². The topological polar surface area (TPSA) is 32.3 Å². The second-order valence-corrected chi connectivity index (χ2v) is 18.7. The van der Waals surface area contributed by atoms with Gasteiger partial charge in [0.1, 0.15) is 21.0 Å². The van der Waals surface area contributed by atoms with Crippen LogP contribution in [0.3, 0.4) is 0 Å². The Labute approximate surface area is 342 Å². The highest BCUT2D eigenvalue weighted by atomic mass is 32.1. The van der Waals surface area contributed by atoms with Crippen molar-refractivity contribution in [1.29, 1.82) is 0 Å². The molecule has 8 aromatic rings. The van der Waals surface area contributed by atoms with Gasteiger partial charge in [0, 0.05) is 27.7 Å². The van der Waals surface area contributed by atoms with Crippen LogP contribution >= 0.6 is 22.7 Å². The van der Waals surface area contributed by atoms with Gasteiger partial charge in [-0.3, -0.25) is 0 Å². The number of anilines is 5. The molecule has 0 amide bonds. The summed E-state index contributed by atoms with van der Waals surface area (Å²) in [5.41, 5.74) is 16.3. The summed E-state index contributed by atoms with van der Waals surface area (Å²) in [6.07, 6.45) is 5.73. The summed E-state index contributed by atoms with van der Waals surface area (Å²) in [6.45, 7) is 11.8. The van der Waals surface area contributed by atoms with Crippen molar-refractivity contribution in [3.63, 3.8) is 0 Å². The summed E-state index contributed by atoms with van der Waals surface area (Å²) < 4.78 is 2.28. The summed E-state index contributed by atoms with van der Waals surface area (Å²) in [5.74, 6) is 0.402. The molecule has 0 N–H and O–H groups in total. The maximum atomic E-state index is 5.74. The second-order valence-electron chi connectivity index (χ2n) is 16.7. The van der Waals surface area contributed by atoms with Gasteiger partial charge in [-0.15, -0.1) is 22.7 Å². The molecular formula is C51H42N4S2. The van der Waals surface area contributed by atoms with Crippen LogP contribution in [0.5, 0.6) is 0 Å². The average molecular weight is 775 g/mol. The first-order valence-electron chi connectivity index (χ1n) is 19.9. The first kappa shape index (κ1) is 34.4. The van der Waals surface area contributed by atoms with E-state index in [4.69, 9.17) is 9.97 Å². The highest BCUT2D eigenvalue weighted by Crippen LogP contribution is 2.60. The molecule has 3 aliphatic rings. The fourth-order valence-corrected chi connectivity index (χ4v) is 11.8. The Morgan fingerprint density at radius 3 is 1.46 bits per heavy atom. The molecule has 0 saturated carbocycles. The molecule has 2 aliphatic heterocycles. The molecule has 4 nitrogen and oxygen atoms in total. The molecule has 0 saturated heterocycles. The number of benzene rings is 6. The van der Waals surface area contributed by atoms with E-state index < -0.39 is 0 Å². The van der Waals surface area contributed by atoms with E-state index in [1.54, 1.807) is 22.7 Å². The number of allylic oxidation sites excluding steroid dienone is 4. The van der Waals surface area contributed by atoms with Crippen LogP contribution in [0.15, 0.2) is 157 Å². The molecule has 2 aromatic heterocycles. The number of rotatable bonds is 4. The molecule has 0 spiro atoms. The van der Waals surface area contributed by atoms with Gasteiger partial charge in [0.25, 0.3) is 0 Å². The third-order valence-corrected chi connectivity index (χ3v) is 14.7. The molecule has 1 unspecified atom stereocenters. The fourth-order valence-electron chi connectivity index (χ4n) is 9.59. The van der Waals surface area contributed by atoms with Gasteiger partial charge in [-0.25, -0.2) is 9.97 Å². The molecule has 11 rings (SSSR count). The van der Waals surface area contributed by atoms with Crippen LogP contribution in [0.4, 0.5) is 28.4 Å². The first-order chi connectivity index (χ1) is 27.7. The highest BCUT2D eigenvalue weighted by Gasteiger charge is 2.43. The predicted octanol–water partition coefficient (Wildman–Crippen LogP) is 14.6. The minimum Gasteiger partial charge on any atom is -0.310 e. The van der Waals surface area contributed by atoms with Crippen molar-refractivity contribution < 1.29 is 0 Å². The summed E-state index contributed by atoms with van der Waals surface area (Å²) in [7, 11) is 0. The third-order valence-electron chi connectivity index (χ3n) is 12.4. The van der Waals surface area contributed by atoms with E-state index in [9.17, 15) is 0 Å². The van der Waals surface area contributed by atoms with E-state index in [1.165, 1.54) is 45.0 Å². The summed E-state index contributed by atoms with van der Waals surface area (Å²) in [6, 6.07) is 48.3. The van der Waals surface area contributed by atoms with Crippen molar-refractivity contribution in [3.8, 4) is 21.1 Å². The standard InChI is InChI=1S/C51H42N4S2/c1-31-28-29-37-41(30-31)55(40-27-17-14-24-36(40)51(37,4)5)45-43-46(56-49(53-43)33-20-10-7-11-21-33)44(42-47(45)57-48(52-42)32-18-8-6-9-19-32)54-38-25-15-12-22-34(38)50(2,3)35-23-13-16-26-39(35)54/h6-29,31H,30H2,1-5H3. The van der Waals surface area contributed by atoms with Crippen molar-refractivity contribution in [3.05, 3.63) is 174 Å². The van der Waals surface area contributed by atoms with Crippen LogP contribution in [-0.4, -0.2) is 9.97 Å². The normalized spacial score (nSPS) is 17.7. The van der Waals surface area contributed by atoms with E-state index in [-0.39, 0.29) is 10.8 Å². The van der Waals surface area contributed by atoms with Crippen LogP contribution in [-0.2, 0) is 10.8 Å². The monoisotopic (exact) mass is 774 g/mol. The number of para-hydroxylation sites is 3. The molecule has 1 aliphatic carbocycles. The Morgan fingerprint density at radius 2 is 0.947 bits per heavy atom. The Bertz CT molecular complexity index is 2820. The molecule has 4 heterocycles. The number of hydrogen-bond donors (Lipinski definition) is 0. The molecule has 6 heteroatoms. The smallest absolute Gasteiger partial charge is 0.124 e. The lowest BCUT2D eigenvalue weighted by Gasteiger charge is -2.45. The number of fused-ring (bicyclic) bond motifs is 5. The minimum absolute atomic E-state index is 0.161. The van der Waals surface area contributed by atoms with Gasteiger partial charge >= 0.3 is 0 Å². The molecule has 6 aromatic carbocycles. The molecule has 1 atom stereocenters. The zero-order valence-electron chi connectivity index (χ0n) is 32.7. The molecule has 0 fully saturated rings. The van der Waals surface area contributed by atoms with Gasteiger partial charge in [0.15, 0.2) is 0 Å². The Kier molecular flexibility index (Phi) is 7.61.